The van der Waals surface area contributed by atoms with E-state index in [9.17, 15) is 32.3 Å². The number of hydrogen-bond acceptors (Lipinski definition) is 9. The number of ether oxygens (including phenoxy) is 2. The number of unbranched alkanes of at least 4 members (excludes halogenated alkanes) is 1. The van der Waals surface area contributed by atoms with Crippen LogP contribution in [0.5, 0.6) is 11.5 Å². The molecular formula is C46H53F3N6O6. The van der Waals surface area contributed by atoms with Gasteiger partial charge in [0.05, 0.1) is 23.7 Å². The second kappa shape index (κ2) is 17.5. The molecule has 3 aromatic carbocycles. The van der Waals surface area contributed by atoms with Crippen LogP contribution in [-0.4, -0.2) is 102 Å². The highest BCUT2D eigenvalue weighted by atomic mass is 19.4. The Morgan fingerprint density at radius 3 is 2.28 bits per heavy atom. The van der Waals surface area contributed by atoms with Crippen LogP contribution in [-0.2, 0) is 28.7 Å². The normalized spacial score (nSPS) is 22.5. The van der Waals surface area contributed by atoms with Gasteiger partial charge in [0.2, 0.25) is 11.8 Å². The molecule has 1 unspecified atom stereocenters. The summed E-state index contributed by atoms with van der Waals surface area (Å²) in [6.07, 6.45) is -1.70. The predicted molar refractivity (Wildman–Crippen MR) is 220 cm³/mol. The molecule has 0 spiro atoms. The maximum absolute atomic E-state index is 13.6. The zero-order valence-electron chi connectivity index (χ0n) is 35.1. The highest BCUT2D eigenvalue weighted by molar-refractivity contribution is 6.05. The van der Waals surface area contributed by atoms with E-state index in [1.807, 2.05) is 58.0 Å². The molecule has 4 aliphatic rings. The fourth-order valence-corrected chi connectivity index (χ4v) is 9.78. The first kappa shape index (κ1) is 43.6. The SMILES string of the molecule is CC1(C)C(NC(=O)c2ccc(CCCCN3CCN(CCOc4cccc5c4CN(C4CCC(=O)NC4=O)C5=O)CC3)cc2)C(C)(C)C1Oc1ccc(C#N)c(C(F)(F)F)c1. The first-order valence-corrected chi connectivity index (χ1v) is 21.0. The van der Waals surface area contributed by atoms with Gasteiger partial charge in [-0.05, 0) is 80.3 Å². The summed E-state index contributed by atoms with van der Waals surface area (Å²) >= 11 is 0. The van der Waals surface area contributed by atoms with E-state index >= 15 is 0 Å². The van der Waals surface area contributed by atoms with Gasteiger partial charge in [-0.3, -0.25) is 29.4 Å². The standard InChI is InChI=1S/C46H53F3N6O6/c1-44(2)42(45(3,4)43(44)61-32-16-15-31(27-50)35(26-32)46(47,48)49)52-39(57)30-13-11-29(12-14-30)8-5-6-19-53-20-22-54(23-21-53)24-25-60-37-10-7-9-33-34(37)28-55(41(33)59)36-17-18-38(56)51-40(36)58/h7,9-16,26,36,42-43H,5-6,8,17-25,28H2,1-4H3,(H,52,57)(H,51,56,58). The second-order valence-electron chi connectivity index (χ2n) is 17.7. The van der Waals surface area contributed by atoms with Gasteiger partial charge in [0, 0.05) is 72.7 Å². The van der Waals surface area contributed by atoms with Gasteiger partial charge in [-0.2, -0.15) is 18.4 Å². The number of piperazine rings is 1. The van der Waals surface area contributed by atoms with Crippen molar-refractivity contribution in [1.82, 2.24) is 25.3 Å². The van der Waals surface area contributed by atoms with E-state index in [1.165, 1.54) is 11.0 Å². The summed E-state index contributed by atoms with van der Waals surface area (Å²) in [5, 5.41) is 14.6. The average Bonchev–Trinajstić information content (AvgIpc) is 3.56. The number of amides is 4. The molecule has 1 atom stereocenters. The number of benzene rings is 3. The van der Waals surface area contributed by atoms with Gasteiger partial charge in [0.15, 0.2) is 0 Å². The summed E-state index contributed by atoms with van der Waals surface area (Å²) in [5.74, 6) is -0.505. The Kier molecular flexibility index (Phi) is 12.5. The number of aryl methyl sites for hydroxylation is 1. The third kappa shape index (κ3) is 9.26. The summed E-state index contributed by atoms with van der Waals surface area (Å²) in [6.45, 7) is 14.0. The molecule has 3 aliphatic heterocycles. The van der Waals surface area contributed by atoms with E-state index < -0.39 is 46.2 Å². The first-order chi connectivity index (χ1) is 29.0. The molecule has 1 aliphatic carbocycles. The van der Waals surface area contributed by atoms with Gasteiger partial charge < -0.3 is 24.6 Å². The Labute approximate surface area is 354 Å². The number of nitrogens with one attached hydrogen (secondary N) is 2. The van der Waals surface area contributed by atoms with Crippen LogP contribution in [0, 0.1) is 22.2 Å². The molecule has 0 aromatic heterocycles. The number of hydrogen-bond donors (Lipinski definition) is 2. The smallest absolute Gasteiger partial charge is 0.417 e. The van der Waals surface area contributed by atoms with Crippen LogP contribution in [0.4, 0.5) is 13.2 Å². The van der Waals surface area contributed by atoms with E-state index in [4.69, 9.17) is 14.7 Å². The maximum atomic E-state index is 13.6. The van der Waals surface area contributed by atoms with E-state index in [-0.39, 0.29) is 42.5 Å². The number of nitriles is 1. The molecule has 0 radical (unpaired) electrons. The third-order valence-electron chi connectivity index (χ3n) is 12.9. The van der Waals surface area contributed by atoms with Crippen molar-refractivity contribution in [3.63, 3.8) is 0 Å². The monoisotopic (exact) mass is 842 g/mol. The molecule has 3 heterocycles. The highest BCUT2D eigenvalue weighted by Gasteiger charge is 2.64. The fraction of sp³-hybridized carbons (Fsp3) is 0.500. The molecule has 3 fully saturated rings. The number of carbonyl (C=O) groups excluding carboxylic acids is 4. The number of fused-ring (bicyclic) bond motifs is 1. The van der Waals surface area contributed by atoms with Gasteiger partial charge in [0.1, 0.15) is 30.3 Å². The van der Waals surface area contributed by atoms with Crippen LogP contribution in [0.15, 0.2) is 60.7 Å². The number of rotatable bonds is 14. The molecular weight excluding hydrogens is 790 g/mol. The Morgan fingerprint density at radius 2 is 1.62 bits per heavy atom. The lowest BCUT2D eigenvalue weighted by Gasteiger charge is -2.63. The van der Waals surface area contributed by atoms with Crippen molar-refractivity contribution in [3.05, 3.63) is 94.0 Å². The predicted octanol–water partition coefficient (Wildman–Crippen LogP) is 5.97. The minimum Gasteiger partial charge on any atom is -0.492 e. The van der Waals surface area contributed by atoms with Crippen molar-refractivity contribution in [2.45, 2.75) is 90.7 Å². The molecule has 3 aromatic rings. The molecule has 4 amide bonds. The third-order valence-corrected chi connectivity index (χ3v) is 12.9. The van der Waals surface area contributed by atoms with Crippen LogP contribution >= 0.6 is 0 Å². The number of piperidine rings is 1. The van der Waals surface area contributed by atoms with Crippen LogP contribution in [0.25, 0.3) is 0 Å². The number of halogens is 3. The molecule has 61 heavy (non-hydrogen) atoms. The van der Waals surface area contributed by atoms with Gasteiger partial charge in [0.25, 0.3) is 11.8 Å². The van der Waals surface area contributed by atoms with Gasteiger partial charge in [-0.15, -0.1) is 0 Å². The number of imide groups is 1. The quantitative estimate of drug-likeness (QED) is 0.148. The molecule has 2 saturated heterocycles. The van der Waals surface area contributed by atoms with Crippen molar-refractivity contribution >= 4 is 23.6 Å². The summed E-state index contributed by atoms with van der Waals surface area (Å²) < 4.78 is 53.0. The van der Waals surface area contributed by atoms with Crippen LogP contribution in [0.1, 0.15) is 96.3 Å². The molecule has 0 bridgehead atoms. The highest BCUT2D eigenvalue weighted by Crippen LogP contribution is 2.55. The van der Waals surface area contributed by atoms with Crippen LogP contribution < -0.4 is 20.1 Å². The van der Waals surface area contributed by atoms with Crippen molar-refractivity contribution in [3.8, 4) is 17.6 Å². The lowest BCUT2D eigenvalue weighted by molar-refractivity contribution is -0.164. The summed E-state index contributed by atoms with van der Waals surface area (Å²) in [6, 6.07) is 17.0. The zero-order valence-corrected chi connectivity index (χ0v) is 35.1. The van der Waals surface area contributed by atoms with E-state index in [2.05, 4.69) is 20.4 Å². The zero-order chi connectivity index (χ0) is 43.7. The molecule has 15 heteroatoms. The first-order valence-electron chi connectivity index (χ1n) is 21.0. The Bertz CT molecular complexity index is 2180. The fourth-order valence-electron chi connectivity index (χ4n) is 9.78. The second-order valence-corrected chi connectivity index (χ2v) is 17.7. The minimum absolute atomic E-state index is 0.0242. The average molecular weight is 843 g/mol. The number of alkyl halides is 3. The Hall–Kier alpha value is -5.46. The summed E-state index contributed by atoms with van der Waals surface area (Å²) in [4.78, 5) is 57.0. The lowest BCUT2D eigenvalue weighted by atomic mass is 9.49. The number of nitrogens with zero attached hydrogens (tertiary/aromatic N) is 4. The van der Waals surface area contributed by atoms with Crippen molar-refractivity contribution in [2.75, 3.05) is 45.9 Å². The molecule has 324 valence electrons. The van der Waals surface area contributed by atoms with Crippen molar-refractivity contribution in [2.24, 2.45) is 10.8 Å². The Balaban J connectivity index is 0.800. The maximum Gasteiger partial charge on any atom is 0.417 e. The van der Waals surface area contributed by atoms with Gasteiger partial charge in [-0.25, -0.2) is 0 Å². The molecule has 7 rings (SSSR count). The molecule has 2 N–H and O–H groups in total. The minimum atomic E-state index is -4.69. The van der Waals surface area contributed by atoms with Crippen molar-refractivity contribution < 1.29 is 41.8 Å². The topological polar surface area (TPSA) is 144 Å². The Morgan fingerprint density at radius 1 is 0.934 bits per heavy atom. The molecule has 12 nitrogen and oxygen atoms in total. The number of carbonyl (C=O) groups is 4. The van der Waals surface area contributed by atoms with E-state index in [0.29, 0.717) is 29.9 Å². The summed E-state index contributed by atoms with van der Waals surface area (Å²) in [5.41, 5.74) is 0.316. The van der Waals surface area contributed by atoms with Crippen LogP contribution in [0.2, 0.25) is 0 Å². The van der Waals surface area contributed by atoms with E-state index in [0.717, 1.165) is 81.8 Å². The van der Waals surface area contributed by atoms with E-state index in [1.54, 1.807) is 18.2 Å². The lowest BCUT2D eigenvalue weighted by Crippen LogP contribution is -2.74. The van der Waals surface area contributed by atoms with Crippen LogP contribution in [0.3, 0.4) is 0 Å². The largest absolute Gasteiger partial charge is 0.492 e. The van der Waals surface area contributed by atoms with Gasteiger partial charge in [-0.1, -0.05) is 45.9 Å². The molecule has 1 saturated carbocycles. The van der Waals surface area contributed by atoms with Gasteiger partial charge >= 0.3 is 6.18 Å². The van der Waals surface area contributed by atoms with Crippen molar-refractivity contribution in [1.29, 1.82) is 5.26 Å². The summed E-state index contributed by atoms with van der Waals surface area (Å²) in [7, 11) is 0.